The lowest BCUT2D eigenvalue weighted by Crippen LogP contribution is -2.14. The molecule has 82 heavy (non-hydrogen) atoms. The van der Waals surface area contributed by atoms with Crippen LogP contribution in [-0.4, -0.2) is 19.1 Å². The molecule has 0 aliphatic heterocycles. The summed E-state index contributed by atoms with van der Waals surface area (Å²) in [6.45, 7) is 0. The Bertz CT molecular complexity index is 4980. The first-order valence-electron chi connectivity index (χ1n) is 27.5. The lowest BCUT2D eigenvalue weighted by atomic mass is 9.93. The summed E-state index contributed by atoms with van der Waals surface area (Å²) in [6, 6.07) is 99.3. The van der Waals surface area contributed by atoms with Crippen LogP contribution in [0.3, 0.4) is 0 Å². The number of aromatic nitrogens is 4. The standard InChI is InChI=1S/C44H28N2.C32H20N2O2/c1-3-13-31(14-4-1)39-27-41(35-21-19-29-11-7-9-17-33(29)25-35)45-43-37(39)23-24-38-40(32-15-5-2-6-16-32)28-42(46-44(38)43)36-22-20-30-12-8-10-18-34(30)26-36;35-31-23-15-7-9-17-27(23)33(21-11-3-1-4-12-21)29-19-26-30(20-25(29)31)34(22-13-5-2-6-14-22)28-18-10-8-16-24(28)32(26)36/h1-28H;1-20H. The molecule has 12 aromatic carbocycles. The Morgan fingerprint density at radius 2 is 0.598 bits per heavy atom. The van der Waals surface area contributed by atoms with Gasteiger partial charge in [-0.2, -0.15) is 0 Å². The zero-order chi connectivity index (χ0) is 54.7. The third-order valence-corrected chi connectivity index (χ3v) is 15.9. The molecule has 16 rings (SSSR count). The van der Waals surface area contributed by atoms with Crippen molar-refractivity contribution in [2.45, 2.75) is 0 Å². The number of fused-ring (bicyclic) bond motifs is 9. The fourth-order valence-corrected chi connectivity index (χ4v) is 12.0. The largest absolute Gasteiger partial charge is 0.309 e. The highest BCUT2D eigenvalue weighted by atomic mass is 16.1. The topological polar surface area (TPSA) is 69.8 Å². The van der Waals surface area contributed by atoms with E-state index in [9.17, 15) is 9.59 Å². The van der Waals surface area contributed by atoms with Gasteiger partial charge in [-0.15, -0.1) is 0 Å². The maximum Gasteiger partial charge on any atom is 0.197 e. The highest BCUT2D eigenvalue weighted by Gasteiger charge is 2.20. The van der Waals surface area contributed by atoms with Crippen LogP contribution in [0, 0.1) is 0 Å². The van der Waals surface area contributed by atoms with Gasteiger partial charge in [0.25, 0.3) is 0 Å². The SMILES string of the molecule is O=c1c2ccccc2n(-c2ccccc2)c2cc3c(=O)c4ccccc4n(-c4ccccc4)c3cc12.c1ccc(-c2cc(-c3ccc4ccccc4c3)nc3c2ccc2c(-c4ccccc4)cc(-c4ccc5ccccc5c4)nc23)cc1. The normalized spacial score (nSPS) is 11.5. The molecule has 0 N–H and O–H groups in total. The van der Waals surface area contributed by atoms with Gasteiger partial charge >= 0.3 is 0 Å². The van der Waals surface area contributed by atoms with Crippen molar-refractivity contribution in [1.82, 2.24) is 19.1 Å². The molecular weight excluding hydrogens is 1000 g/mol. The van der Waals surface area contributed by atoms with Gasteiger partial charge in [0, 0.05) is 54.8 Å². The molecule has 0 atom stereocenters. The Hall–Kier alpha value is -11.1. The molecular formula is C76H48N4O2. The summed E-state index contributed by atoms with van der Waals surface area (Å²) in [5, 5.41) is 9.44. The van der Waals surface area contributed by atoms with E-state index >= 15 is 0 Å². The van der Waals surface area contributed by atoms with Crippen molar-refractivity contribution in [2.75, 3.05) is 0 Å². The number of benzene rings is 12. The fourth-order valence-electron chi connectivity index (χ4n) is 12.0. The van der Waals surface area contributed by atoms with E-state index < -0.39 is 0 Å². The molecule has 0 fully saturated rings. The summed E-state index contributed by atoms with van der Waals surface area (Å²) in [6.07, 6.45) is 0. The Morgan fingerprint density at radius 3 is 1.01 bits per heavy atom. The Labute approximate surface area is 471 Å². The summed E-state index contributed by atoms with van der Waals surface area (Å²) in [5.74, 6) is 0. The molecule has 0 radical (unpaired) electrons. The molecule has 0 bridgehead atoms. The second-order valence-corrected chi connectivity index (χ2v) is 20.7. The van der Waals surface area contributed by atoms with E-state index in [0.29, 0.717) is 32.6 Å². The maximum absolute atomic E-state index is 13.8. The average Bonchev–Trinajstić information content (AvgIpc) is 2.90. The third kappa shape index (κ3) is 8.28. The van der Waals surface area contributed by atoms with Gasteiger partial charge in [-0.3, -0.25) is 9.59 Å². The van der Waals surface area contributed by atoms with Crippen LogP contribution in [0.1, 0.15) is 0 Å². The van der Waals surface area contributed by atoms with Crippen molar-refractivity contribution in [3.63, 3.8) is 0 Å². The monoisotopic (exact) mass is 1050 g/mol. The average molecular weight is 1050 g/mol. The van der Waals surface area contributed by atoms with Gasteiger partial charge in [0.2, 0.25) is 0 Å². The van der Waals surface area contributed by atoms with Gasteiger partial charge in [-0.1, -0.05) is 206 Å². The number of rotatable bonds is 6. The van der Waals surface area contributed by atoms with Crippen molar-refractivity contribution < 1.29 is 0 Å². The predicted molar refractivity (Wildman–Crippen MR) is 341 cm³/mol. The van der Waals surface area contributed by atoms with E-state index in [0.717, 1.165) is 89.0 Å². The molecule has 0 saturated carbocycles. The van der Waals surface area contributed by atoms with Gasteiger partial charge in [0.15, 0.2) is 10.9 Å². The third-order valence-electron chi connectivity index (χ3n) is 15.9. The second-order valence-electron chi connectivity index (χ2n) is 20.7. The van der Waals surface area contributed by atoms with E-state index in [1.165, 1.54) is 21.5 Å². The van der Waals surface area contributed by atoms with Gasteiger partial charge in [-0.25, -0.2) is 9.97 Å². The van der Waals surface area contributed by atoms with Gasteiger partial charge in [0.1, 0.15) is 0 Å². The van der Waals surface area contributed by atoms with Crippen LogP contribution in [0.25, 0.3) is 143 Å². The highest BCUT2D eigenvalue weighted by molar-refractivity contribution is 6.14. The smallest absolute Gasteiger partial charge is 0.197 e. The summed E-state index contributed by atoms with van der Waals surface area (Å²) >= 11 is 0. The molecule has 0 aliphatic carbocycles. The van der Waals surface area contributed by atoms with Crippen LogP contribution >= 0.6 is 0 Å². The van der Waals surface area contributed by atoms with Crippen LogP contribution in [-0.2, 0) is 0 Å². The van der Waals surface area contributed by atoms with Crippen molar-refractivity contribution in [2.24, 2.45) is 0 Å². The summed E-state index contributed by atoms with van der Waals surface area (Å²) in [5.41, 5.74) is 15.3. The van der Waals surface area contributed by atoms with Crippen LogP contribution in [0.5, 0.6) is 0 Å². The zero-order valence-electron chi connectivity index (χ0n) is 44.3. The van der Waals surface area contributed by atoms with E-state index in [4.69, 9.17) is 9.97 Å². The highest BCUT2D eigenvalue weighted by Crippen LogP contribution is 2.40. The summed E-state index contributed by atoms with van der Waals surface area (Å²) in [4.78, 5) is 38.5. The molecule has 6 heteroatoms. The number of nitrogens with zero attached hydrogens (tertiary/aromatic N) is 4. The Kier molecular flexibility index (Phi) is 11.7. The van der Waals surface area contributed by atoms with Gasteiger partial charge < -0.3 is 9.13 Å². The molecule has 0 amide bonds. The quantitative estimate of drug-likeness (QED) is 0.123. The number of para-hydroxylation sites is 4. The van der Waals surface area contributed by atoms with E-state index in [2.05, 4.69) is 179 Å². The van der Waals surface area contributed by atoms with Gasteiger partial charge in [0.05, 0.1) is 44.5 Å². The number of hydrogen-bond donors (Lipinski definition) is 0. The molecule has 4 heterocycles. The van der Waals surface area contributed by atoms with E-state index in [1.54, 1.807) is 0 Å². The van der Waals surface area contributed by atoms with Crippen LogP contribution in [0.4, 0.5) is 0 Å². The van der Waals surface area contributed by atoms with Crippen LogP contribution < -0.4 is 10.9 Å². The molecule has 0 saturated heterocycles. The first kappa shape index (κ1) is 48.1. The minimum Gasteiger partial charge on any atom is -0.309 e. The number of hydrogen-bond acceptors (Lipinski definition) is 4. The first-order chi connectivity index (χ1) is 40.5. The molecule has 384 valence electrons. The molecule has 4 aromatic heterocycles. The fraction of sp³-hybridized carbons (Fsp3) is 0. The summed E-state index contributed by atoms with van der Waals surface area (Å²) in [7, 11) is 0. The second kappa shape index (κ2) is 20.0. The predicted octanol–water partition coefficient (Wildman–Crippen LogP) is 18.4. The van der Waals surface area contributed by atoms with Crippen molar-refractivity contribution in [3.8, 4) is 56.1 Å². The molecule has 0 spiro atoms. The van der Waals surface area contributed by atoms with E-state index in [-0.39, 0.29) is 10.9 Å². The molecule has 16 aromatic rings. The maximum atomic E-state index is 13.8. The van der Waals surface area contributed by atoms with Gasteiger partial charge in [-0.05, 0) is 129 Å². The lowest BCUT2D eigenvalue weighted by molar-refractivity contribution is 1.15. The first-order valence-corrected chi connectivity index (χ1v) is 27.5. The van der Waals surface area contributed by atoms with Crippen LogP contribution in [0.15, 0.2) is 301 Å². The van der Waals surface area contributed by atoms with E-state index in [1.807, 2.05) is 121 Å². The molecule has 0 unspecified atom stereocenters. The van der Waals surface area contributed by atoms with Crippen molar-refractivity contribution >= 4 is 87.0 Å². The number of pyridine rings is 4. The minimum atomic E-state index is -0.0464. The minimum absolute atomic E-state index is 0.0464. The zero-order valence-corrected chi connectivity index (χ0v) is 44.3. The molecule has 6 nitrogen and oxygen atoms in total. The molecule has 0 aliphatic rings. The van der Waals surface area contributed by atoms with Crippen LogP contribution in [0.2, 0.25) is 0 Å². The lowest BCUT2D eigenvalue weighted by Gasteiger charge is -2.19. The Balaban J connectivity index is 0.000000145. The Morgan fingerprint density at radius 1 is 0.244 bits per heavy atom. The van der Waals surface area contributed by atoms with Crippen molar-refractivity contribution in [1.29, 1.82) is 0 Å². The van der Waals surface area contributed by atoms with Crippen molar-refractivity contribution in [3.05, 3.63) is 312 Å². The summed E-state index contributed by atoms with van der Waals surface area (Å²) < 4.78 is 4.15.